The van der Waals surface area contributed by atoms with Crippen LogP contribution in [0.3, 0.4) is 0 Å². The Labute approximate surface area is 110 Å². The molecular formula is C12H10F6N2. The zero-order valence-corrected chi connectivity index (χ0v) is 9.89. The summed E-state index contributed by atoms with van der Waals surface area (Å²) in [5.41, 5.74) is 10.6. The van der Waals surface area contributed by atoms with Crippen LogP contribution in [0.15, 0.2) is 24.3 Å². The molecule has 4 N–H and O–H groups in total. The van der Waals surface area contributed by atoms with Crippen LogP contribution >= 0.6 is 0 Å². The fourth-order valence-electron chi connectivity index (χ4n) is 1.33. The molecule has 8 heteroatoms. The molecule has 0 radical (unpaired) electrons. The van der Waals surface area contributed by atoms with Crippen LogP contribution < -0.4 is 11.5 Å². The molecule has 0 unspecified atom stereocenters. The highest BCUT2D eigenvalue weighted by Crippen LogP contribution is 2.27. The van der Waals surface area contributed by atoms with Gasteiger partial charge in [0.05, 0.1) is 0 Å². The van der Waals surface area contributed by atoms with Crippen molar-refractivity contribution in [1.82, 2.24) is 0 Å². The van der Waals surface area contributed by atoms with E-state index < -0.39 is 12.4 Å². The highest BCUT2D eigenvalue weighted by atomic mass is 19.4. The van der Waals surface area contributed by atoms with Crippen LogP contribution in [-0.2, 0) is 0 Å². The zero-order chi connectivity index (χ0) is 15.6. The van der Waals surface area contributed by atoms with Gasteiger partial charge in [-0.2, -0.15) is 26.3 Å². The van der Waals surface area contributed by atoms with Crippen LogP contribution in [-0.4, -0.2) is 12.4 Å². The standard InChI is InChI=1S/C12H10F6N2/c13-11(14,15)3-1-7-5-8(2-4-12(16,17)18)10(20)6-9(7)19/h1-6H,19-20H2/b3-1+,4-2+. The monoisotopic (exact) mass is 296 g/mol. The topological polar surface area (TPSA) is 52.0 Å². The Hall–Kier alpha value is -2.12. The van der Waals surface area contributed by atoms with E-state index in [1.807, 2.05) is 0 Å². The summed E-state index contributed by atoms with van der Waals surface area (Å²) in [7, 11) is 0. The minimum Gasteiger partial charge on any atom is -0.398 e. The van der Waals surface area contributed by atoms with Gasteiger partial charge in [-0.25, -0.2) is 0 Å². The minimum absolute atomic E-state index is 0.0628. The maximum atomic E-state index is 12.0. The SMILES string of the molecule is Nc1cc(N)c(/C=C/C(F)(F)F)cc1/C=C/C(F)(F)F. The predicted molar refractivity (Wildman–Crippen MR) is 65.4 cm³/mol. The number of benzene rings is 1. The Balaban J connectivity index is 3.16. The lowest BCUT2D eigenvalue weighted by Crippen LogP contribution is -2.02. The average molecular weight is 296 g/mol. The second kappa shape index (κ2) is 5.48. The van der Waals surface area contributed by atoms with Crippen molar-refractivity contribution >= 4 is 23.5 Å². The van der Waals surface area contributed by atoms with Crippen LogP contribution in [0.25, 0.3) is 12.2 Å². The second-order valence-corrected chi connectivity index (χ2v) is 3.86. The maximum Gasteiger partial charge on any atom is 0.409 e. The van der Waals surface area contributed by atoms with Crippen LogP contribution in [0.5, 0.6) is 0 Å². The molecule has 110 valence electrons. The first kappa shape index (κ1) is 15.9. The van der Waals surface area contributed by atoms with Crippen molar-refractivity contribution in [2.24, 2.45) is 0 Å². The van der Waals surface area contributed by atoms with Crippen molar-refractivity contribution in [2.75, 3.05) is 11.5 Å². The number of allylic oxidation sites excluding steroid dienone is 2. The highest BCUT2D eigenvalue weighted by Gasteiger charge is 2.23. The van der Waals surface area contributed by atoms with E-state index in [-0.39, 0.29) is 34.7 Å². The lowest BCUT2D eigenvalue weighted by Gasteiger charge is -2.07. The minimum atomic E-state index is -4.55. The summed E-state index contributed by atoms with van der Waals surface area (Å²) in [6.45, 7) is 0. The van der Waals surface area contributed by atoms with Gasteiger partial charge < -0.3 is 11.5 Å². The molecule has 0 saturated carbocycles. The van der Waals surface area contributed by atoms with Gasteiger partial charge >= 0.3 is 12.4 Å². The molecule has 0 bridgehead atoms. The molecule has 0 aliphatic heterocycles. The first-order valence-electron chi connectivity index (χ1n) is 5.19. The van der Waals surface area contributed by atoms with Crippen molar-refractivity contribution < 1.29 is 26.3 Å². The molecule has 0 aliphatic carbocycles. The Bertz CT molecular complexity index is 495. The van der Waals surface area contributed by atoms with Crippen LogP contribution in [0.1, 0.15) is 11.1 Å². The van der Waals surface area contributed by atoms with E-state index in [1.165, 1.54) is 0 Å². The van der Waals surface area contributed by atoms with Gasteiger partial charge in [0.25, 0.3) is 0 Å². The number of hydrogen-bond acceptors (Lipinski definition) is 2. The highest BCUT2D eigenvalue weighted by molar-refractivity contribution is 5.76. The average Bonchev–Trinajstić information content (AvgIpc) is 2.24. The second-order valence-electron chi connectivity index (χ2n) is 3.86. The molecule has 0 spiro atoms. The number of anilines is 2. The molecule has 0 fully saturated rings. The van der Waals surface area contributed by atoms with Gasteiger partial charge in [-0.05, 0) is 35.4 Å². The van der Waals surface area contributed by atoms with Gasteiger partial charge in [-0.15, -0.1) is 0 Å². The van der Waals surface area contributed by atoms with E-state index in [1.54, 1.807) is 0 Å². The number of nitrogens with two attached hydrogens (primary N) is 2. The molecule has 0 aromatic heterocycles. The normalized spacial score (nSPS) is 13.5. The van der Waals surface area contributed by atoms with E-state index in [0.717, 1.165) is 12.1 Å². The fraction of sp³-hybridized carbons (Fsp3) is 0.167. The third-order valence-corrected chi connectivity index (χ3v) is 2.19. The van der Waals surface area contributed by atoms with Crippen molar-refractivity contribution in [3.05, 3.63) is 35.4 Å². The van der Waals surface area contributed by atoms with Crippen molar-refractivity contribution in [3.63, 3.8) is 0 Å². The van der Waals surface area contributed by atoms with Gasteiger partial charge in [0.1, 0.15) is 0 Å². The molecule has 0 atom stereocenters. The third kappa shape index (κ3) is 5.25. The van der Waals surface area contributed by atoms with Crippen LogP contribution in [0, 0.1) is 0 Å². The summed E-state index contributed by atoms with van der Waals surface area (Å²) in [5.74, 6) is 0. The Morgan fingerprint density at radius 2 is 1.05 bits per heavy atom. The van der Waals surface area contributed by atoms with Crippen LogP contribution in [0.4, 0.5) is 37.7 Å². The predicted octanol–water partition coefficient (Wildman–Crippen LogP) is 4.00. The van der Waals surface area contributed by atoms with Gasteiger partial charge in [-0.3, -0.25) is 0 Å². The number of rotatable bonds is 2. The zero-order valence-electron chi connectivity index (χ0n) is 9.89. The summed E-state index contributed by atoms with van der Waals surface area (Å²) in [4.78, 5) is 0. The van der Waals surface area contributed by atoms with Crippen molar-refractivity contribution in [2.45, 2.75) is 12.4 Å². The quantitative estimate of drug-likeness (QED) is 0.640. The number of hydrogen-bond donors (Lipinski definition) is 2. The molecule has 2 nitrogen and oxygen atoms in total. The molecule has 0 saturated heterocycles. The molecular weight excluding hydrogens is 286 g/mol. The molecule has 20 heavy (non-hydrogen) atoms. The number of alkyl halides is 6. The molecule has 0 heterocycles. The lowest BCUT2D eigenvalue weighted by molar-refractivity contribution is -0.0800. The molecule has 0 aliphatic rings. The lowest BCUT2D eigenvalue weighted by atomic mass is 10.1. The summed E-state index contributed by atoms with van der Waals surface area (Å²) in [6, 6.07) is 2.15. The van der Waals surface area contributed by atoms with E-state index in [4.69, 9.17) is 11.5 Å². The van der Waals surface area contributed by atoms with Gasteiger partial charge in [0.2, 0.25) is 0 Å². The summed E-state index contributed by atoms with van der Waals surface area (Å²) in [6.07, 6.45) is -7.89. The van der Waals surface area contributed by atoms with E-state index in [9.17, 15) is 26.3 Å². The number of nitrogen functional groups attached to an aromatic ring is 2. The smallest absolute Gasteiger partial charge is 0.398 e. The van der Waals surface area contributed by atoms with Gasteiger partial charge in [-0.1, -0.05) is 0 Å². The Kier molecular flexibility index (Phi) is 4.36. The molecule has 1 aromatic rings. The van der Waals surface area contributed by atoms with E-state index >= 15 is 0 Å². The Morgan fingerprint density at radius 3 is 1.35 bits per heavy atom. The van der Waals surface area contributed by atoms with E-state index in [0.29, 0.717) is 12.2 Å². The van der Waals surface area contributed by atoms with Crippen molar-refractivity contribution in [3.8, 4) is 0 Å². The molecule has 0 amide bonds. The summed E-state index contributed by atoms with van der Waals surface area (Å²) >= 11 is 0. The first-order valence-corrected chi connectivity index (χ1v) is 5.19. The first-order chi connectivity index (χ1) is 8.98. The number of halogens is 6. The molecule has 1 rings (SSSR count). The Morgan fingerprint density at radius 1 is 0.700 bits per heavy atom. The van der Waals surface area contributed by atoms with E-state index in [2.05, 4.69) is 0 Å². The van der Waals surface area contributed by atoms with Gasteiger partial charge in [0.15, 0.2) is 0 Å². The van der Waals surface area contributed by atoms with Crippen LogP contribution in [0.2, 0.25) is 0 Å². The third-order valence-electron chi connectivity index (χ3n) is 2.19. The summed E-state index contributed by atoms with van der Waals surface area (Å²) < 4.78 is 72.3. The van der Waals surface area contributed by atoms with Gasteiger partial charge in [0, 0.05) is 23.5 Å². The fourth-order valence-corrected chi connectivity index (χ4v) is 1.33. The summed E-state index contributed by atoms with van der Waals surface area (Å²) in [5, 5.41) is 0. The maximum absolute atomic E-state index is 12.0. The largest absolute Gasteiger partial charge is 0.409 e. The van der Waals surface area contributed by atoms with Crippen molar-refractivity contribution in [1.29, 1.82) is 0 Å². The molecule has 1 aromatic carbocycles.